The summed E-state index contributed by atoms with van der Waals surface area (Å²) < 4.78 is 6.13. The molecule has 0 bridgehead atoms. The zero-order chi connectivity index (χ0) is 9.42. The first-order chi connectivity index (χ1) is 6.16. The Morgan fingerprint density at radius 3 is 2.77 bits per heavy atom. The maximum absolute atomic E-state index is 4.32. The molecule has 0 aliphatic carbocycles. The van der Waals surface area contributed by atoms with Crippen molar-refractivity contribution in [3.05, 3.63) is 19.2 Å². The minimum atomic E-state index is 0.819. The molecule has 0 aliphatic heterocycles. The quantitative estimate of drug-likeness (QED) is 0.693. The molecule has 2 aromatic rings. The van der Waals surface area contributed by atoms with E-state index in [0.29, 0.717) is 0 Å². The predicted octanol–water partition coefficient (Wildman–Crippen LogP) is 3.94. The largest absolute Gasteiger partial charge is 0.209 e. The van der Waals surface area contributed by atoms with Crippen molar-refractivity contribution in [3.63, 3.8) is 0 Å². The molecule has 6 heteroatoms. The molecule has 2 rings (SSSR count). The number of thiophene rings is 1. The van der Waals surface area contributed by atoms with Crippen LogP contribution in [0.4, 0.5) is 0 Å². The fourth-order valence-corrected chi connectivity index (χ4v) is 3.71. The lowest BCUT2D eigenvalue weighted by Crippen LogP contribution is -1.71. The van der Waals surface area contributed by atoms with Crippen LogP contribution in [0.15, 0.2) is 9.85 Å². The van der Waals surface area contributed by atoms with Crippen LogP contribution in [0.3, 0.4) is 0 Å². The van der Waals surface area contributed by atoms with E-state index in [1.807, 2.05) is 0 Å². The number of aryl methyl sites for hydroxylation is 1. The second-order valence-electron chi connectivity index (χ2n) is 2.44. The average molecular weight is 387 g/mol. The van der Waals surface area contributed by atoms with Crippen molar-refractivity contribution in [2.75, 3.05) is 0 Å². The van der Waals surface area contributed by atoms with Crippen molar-refractivity contribution in [1.29, 1.82) is 0 Å². The molecule has 0 fully saturated rings. The van der Waals surface area contributed by atoms with E-state index < -0.39 is 0 Å². The van der Waals surface area contributed by atoms with Crippen LogP contribution in [-0.2, 0) is 0 Å². The van der Waals surface area contributed by atoms with Crippen LogP contribution in [0, 0.1) is 10.8 Å². The fourth-order valence-electron chi connectivity index (χ4n) is 0.871. The van der Waals surface area contributed by atoms with Crippen LogP contribution in [-0.4, -0.2) is 9.36 Å². The Labute approximate surface area is 106 Å². The van der Waals surface area contributed by atoms with Gasteiger partial charge in [0.1, 0.15) is 0 Å². The Morgan fingerprint density at radius 2 is 2.31 bits per heavy atom. The number of hydrogen-bond acceptors (Lipinski definition) is 4. The van der Waals surface area contributed by atoms with Crippen molar-refractivity contribution < 1.29 is 0 Å². The van der Waals surface area contributed by atoms with E-state index in [4.69, 9.17) is 0 Å². The van der Waals surface area contributed by atoms with E-state index in [2.05, 4.69) is 60.9 Å². The lowest BCUT2D eigenvalue weighted by Gasteiger charge is -1.83. The SMILES string of the molecule is Cc1cc(-c2nc(I)ns2)sc1Br. The molecule has 0 aliphatic rings. The Morgan fingerprint density at radius 1 is 1.54 bits per heavy atom. The molecular formula is C7H4BrIN2S2. The summed E-state index contributed by atoms with van der Waals surface area (Å²) in [5, 5.41) is 1.00. The molecule has 13 heavy (non-hydrogen) atoms. The number of rotatable bonds is 1. The average Bonchev–Trinajstić information content (AvgIpc) is 2.61. The standard InChI is InChI=1S/C7H4BrIN2S2/c1-3-2-4(12-5(3)8)6-10-7(9)11-13-6/h2H,1H3. The minimum Gasteiger partial charge on any atom is -0.209 e. The molecule has 2 heterocycles. The van der Waals surface area contributed by atoms with Gasteiger partial charge in [0.05, 0.1) is 8.66 Å². The van der Waals surface area contributed by atoms with Gasteiger partial charge >= 0.3 is 0 Å². The van der Waals surface area contributed by atoms with Gasteiger partial charge in [-0.05, 0) is 46.0 Å². The van der Waals surface area contributed by atoms with Crippen molar-refractivity contribution in [2.45, 2.75) is 6.92 Å². The summed E-state index contributed by atoms with van der Waals surface area (Å²) in [4.78, 5) is 5.50. The van der Waals surface area contributed by atoms with Crippen molar-refractivity contribution in [2.24, 2.45) is 0 Å². The molecule has 0 saturated heterocycles. The van der Waals surface area contributed by atoms with Crippen LogP contribution in [0.2, 0.25) is 0 Å². The molecule has 0 radical (unpaired) electrons. The zero-order valence-corrected chi connectivity index (χ0v) is 11.9. The van der Waals surface area contributed by atoms with Crippen molar-refractivity contribution >= 4 is 61.4 Å². The van der Waals surface area contributed by atoms with E-state index in [1.165, 1.54) is 25.8 Å². The molecule has 2 aromatic heterocycles. The molecule has 0 amide bonds. The van der Waals surface area contributed by atoms with E-state index in [-0.39, 0.29) is 0 Å². The predicted molar refractivity (Wildman–Crippen MR) is 68.4 cm³/mol. The number of aromatic nitrogens is 2. The summed E-state index contributed by atoms with van der Waals surface area (Å²) in [5.74, 6) is 0. The van der Waals surface area contributed by atoms with E-state index in [0.717, 1.165) is 8.84 Å². The summed E-state index contributed by atoms with van der Waals surface area (Å²) in [6.45, 7) is 2.08. The molecule has 0 atom stereocenters. The highest BCUT2D eigenvalue weighted by Gasteiger charge is 2.09. The van der Waals surface area contributed by atoms with Gasteiger partial charge in [-0.1, -0.05) is 0 Å². The summed E-state index contributed by atoms with van der Waals surface area (Å²) in [5.41, 5.74) is 1.25. The Bertz CT molecular complexity index is 418. The van der Waals surface area contributed by atoms with Gasteiger partial charge in [-0.2, -0.15) is 4.37 Å². The molecule has 0 saturated carbocycles. The second-order valence-corrected chi connectivity index (χ2v) is 6.52. The summed E-state index contributed by atoms with van der Waals surface area (Å²) in [6, 6.07) is 2.13. The maximum atomic E-state index is 4.32. The maximum Gasteiger partial charge on any atom is 0.203 e. The molecule has 68 valence electrons. The highest BCUT2D eigenvalue weighted by atomic mass is 127. The third-order valence-corrected chi connectivity index (χ3v) is 5.30. The fraction of sp³-hybridized carbons (Fsp3) is 0.143. The van der Waals surface area contributed by atoms with Crippen LogP contribution >= 0.6 is 61.4 Å². The van der Waals surface area contributed by atoms with Crippen LogP contribution in [0.5, 0.6) is 0 Å². The molecular weight excluding hydrogens is 383 g/mol. The molecule has 0 N–H and O–H groups in total. The van der Waals surface area contributed by atoms with E-state index in [9.17, 15) is 0 Å². The highest BCUT2D eigenvalue weighted by molar-refractivity contribution is 14.1. The van der Waals surface area contributed by atoms with Crippen molar-refractivity contribution in [3.8, 4) is 9.88 Å². The first-order valence-corrected chi connectivity index (χ1v) is 6.88. The smallest absolute Gasteiger partial charge is 0.203 e. The first-order valence-electron chi connectivity index (χ1n) is 3.42. The van der Waals surface area contributed by atoms with Gasteiger partial charge in [-0.15, -0.1) is 11.3 Å². The number of halogens is 2. The lowest BCUT2D eigenvalue weighted by molar-refractivity contribution is 1.26. The third kappa shape index (κ3) is 2.11. The van der Waals surface area contributed by atoms with Crippen LogP contribution < -0.4 is 0 Å². The van der Waals surface area contributed by atoms with E-state index >= 15 is 0 Å². The topological polar surface area (TPSA) is 25.8 Å². The Kier molecular flexibility index (Phi) is 3.01. The normalized spacial score (nSPS) is 10.7. The Balaban J connectivity index is 2.46. The summed E-state index contributed by atoms with van der Waals surface area (Å²) in [6.07, 6.45) is 0. The van der Waals surface area contributed by atoms with Crippen molar-refractivity contribution in [1.82, 2.24) is 9.36 Å². The van der Waals surface area contributed by atoms with Gasteiger partial charge in [0, 0.05) is 22.6 Å². The summed E-state index contributed by atoms with van der Waals surface area (Å²) in [7, 11) is 0. The van der Waals surface area contributed by atoms with Gasteiger partial charge in [0.25, 0.3) is 0 Å². The van der Waals surface area contributed by atoms with Gasteiger partial charge in [-0.25, -0.2) is 4.98 Å². The van der Waals surface area contributed by atoms with Gasteiger partial charge in [-0.3, -0.25) is 0 Å². The van der Waals surface area contributed by atoms with Crippen LogP contribution in [0.25, 0.3) is 9.88 Å². The van der Waals surface area contributed by atoms with E-state index in [1.54, 1.807) is 11.3 Å². The second kappa shape index (κ2) is 3.92. The lowest BCUT2D eigenvalue weighted by atomic mass is 10.3. The molecule has 0 aromatic carbocycles. The molecule has 0 spiro atoms. The highest BCUT2D eigenvalue weighted by Crippen LogP contribution is 2.35. The van der Waals surface area contributed by atoms with Gasteiger partial charge in [0.2, 0.25) is 3.83 Å². The van der Waals surface area contributed by atoms with Gasteiger partial charge in [0.15, 0.2) is 5.01 Å². The zero-order valence-electron chi connectivity index (χ0n) is 6.54. The van der Waals surface area contributed by atoms with Gasteiger partial charge < -0.3 is 0 Å². The number of hydrogen-bond donors (Lipinski definition) is 0. The summed E-state index contributed by atoms with van der Waals surface area (Å²) >= 11 is 8.76. The number of nitrogens with zero attached hydrogens (tertiary/aromatic N) is 2. The first kappa shape index (κ1) is 10.0. The monoisotopic (exact) mass is 386 g/mol. The molecule has 2 nitrogen and oxygen atoms in total. The minimum absolute atomic E-state index is 0.819. The van der Waals surface area contributed by atoms with Crippen LogP contribution in [0.1, 0.15) is 5.56 Å². The molecule has 0 unspecified atom stereocenters. The Hall–Kier alpha value is 0.470. The third-order valence-electron chi connectivity index (χ3n) is 1.47.